The summed E-state index contributed by atoms with van der Waals surface area (Å²) in [5.74, 6) is 1.64. The van der Waals surface area contributed by atoms with Crippen LogP contribution < -0.4 is 10.1 Å². The molecular weight excluding hydrogens is 431 g/mol. The van der Waals surface area contributed by atoms with Crippen LogP contribution in [0.1, 0.15) is 17.1 Å². The van der Waals surface area contributed by atoms with Crippen LogP contribution in [0.2, 0.25) is 0 Å². The van der Waals surface area contributed by atoms with E-state index in [1.807, 2.05) is 0 Å². The van der Waals surface area contributed by atoms with E-state index in [1.165, 1.54) is 29.0 Å². The molecule has 0 saturated heterocycles. The lowest BCUT2D eigenvalue weighted by Gasteiger charge is -2.07. The molecule has 0 N–H and O–H groups in total. The monoisotopic (exact) mass is 443 g/mol. The second-order valence-corrected chi connectivity index (χ2v) is 7.73. The SMILES string of the molecule is Cc1occc1-c1nc2sc(=Cc3ccc(-c4cccc(C(F)(F)F)c4)o3)c(=O)n2n1. The van der Waals surface area contributed by atoms with E-state index in [9.17, 15) is 18.0 Å². The van der Waals surface area contributed by atoms with Gasteiger partial charge in [-0.2, -0.15) is 22.7 Å². The molecule has 0 aliphatic carbocycles. The zero-order valence-electron chi connectivity index (χ0n) is 15.8. The van der Waals surface area contributed by atoms with Crippen LogP contribution in [-0.4, -0.2) is 14.6 Å². The number of hydrogen-bond acceptors (Lipinski definition) is 6. The number of aryl methyl sites for hydroxylation is 1. The van der Waals surface area contributed by atoms with Crippen molar-refractivity contribution in [2.75, 3.05) is 0 Å². The first kappa shape index (κ1) is 19.3. The average Bonchev–Trinajstić information content (AvgIpc) is 3.49. The normalized spacial score (nSPS) is 12.8. The van der Waals surface area contributed by atoms with E-state index < -0.39 is 11.7 Å². The van der Waals surface area contributed by atoms with Gasteiger partial charge in [0.1, 0.15) is 21.8 Å². The fraction of sp³-hybridized carbons (Fsp3) is 0.0952. The molecule has 0 amide bonds. The van der Waals surface area contributed by atoms with Crippen molar-refractivity contribution in [3.05, 3.63) is 80.7 Å². The van der Waals surface area contributed by atoms with Gasteiger partial charge in [-0.05, 0) is 37.3 Å². The Bertz CT molecular complexity index is 1520. The van der Waals surface area contributed by atoms with Crippen LogP contribution in [0.15, 0.2) is 62.4 Å². The molecular formula is C21H12F3N3O3S. The van der Waals surface area contributed by atoms with Gasteiger partial charge in [-0.1, -0.05) is 23.5 Å². The predicted molar refractivity (Wildman–Crippen MR) is 108 cm³/mol. The Labute approximate surface area is 175 Å². The Balaban J connectivity index is 1.50. The largest absolute Gasteiger partial charge is 0.469 e. The number of thiazole rings is 1. The molecule has 4 heterocycles. The van der Waals surface area contributed by atoms with Crippen molar-refractivity contribution in [2.24, 2.45) is 0 Å². The summed E-state index contributed by atoms with van der Waals surface area (Å²) in [7, 11) is 0. The van der Waals surface area contributed by atoms with Gasteiger partial charge in [-0.3, -0.25) is 4.79 Å². The molecule has 10 heteroatoms. The first-order chi connectivity index (χ1) is 14.8. The van der Waals surface area contributed by atoms with Crippen molar-refractivity contribution in [3.8, 4) is 22.7 Å². The van der Waals surface area contributed by atoms with Gasteiger partial charge in [0, 0.05) is 11.6 Å². The summed E-state index contributed by atoms with van der Waals surface area (Å²) in [6.45, 7) is 1.78. The van der Waals surface area contributed by atoms with Crippen molar-refractivity contribution in [2.45, 2.75) is 13.1 Å². The highest BCUT2D eigenvalue weighted by Crippen LogP contribution is 2.32. The molecule has 5 rings (SSSR count). The molecule has 0 saturated carbocycles. The van der Waals surface area contributed by atoms with Gasteiger partial charge in [0.15, 0.2) is 5.82 Å². The Morgan fingerprint density at radius 2 is 2.00 bits per heavy atom. The number of furan rings is 2. The number of rotatable bonds is 3. The first-order valence-corrected chi connectivity index (χ1v) is 9.84. The van der Waals surface area contributed by atoms with Gasteiger partial charge in [0.05, 0.1) is 17.4 Å². The maximum atomic E-state index is 12.9. The molecule has 0 aliphatic heterocycles. The molecule has 156 valence electrons. The zero-order valence-corrected chi connectivity index (χ0v) is 16.6. The summed E-state index contributed by atoms with van der Waals surface area (Å²) >= 11 is 1.14. The van der Waals surface area contributed by atoms with Crippen LogP contribution >= 0.6 is 11.3 Å². The molecule has 0 radical (unpaired) electrons. The van der Waals surface area contributed by atoms with Crippen LogP contribution in [-0.2, 0) is 6.18 Å². The molecule has 4 aromatic heterocycles. The summed E-state index contributed by atoms with van der Waals surface area (Å²) in [4.78, 5) is 17.5. The van der Waals surface area contributed by atoms with Crippen LogP contribution in [0.3, 0.4) is 0 Å². The van der Waals surface area contributed by atoms with Gasteiger partial charge in [-0.25, -0.2) is 0 Å². The van der Waals surface area contributed by atoms with Crippen molar-refractivity contribution in [1.82, 2.24) is 14.6 Å². The quantitative estimate of drug-likeness (QED) is 0.409. The van der Waals surface area contributed by atoms with Crippen LogP contribution in [0.5, 0.6) is 0 Å². The molecule has 0 spiro atoms. The fourth-order valence-corrected chi connectivity index (χ4v) is 4.02. The Morgan fingerprint density at radius 3 is 2.71 bits per heavy atom. The number of alkyl halides is 3. The van der Waals surface area contributed by atoms with E-state index in [2.05, 4.69) is 10.1 Å². The lowest BCUT2D eigenvalue weighted by molar-refractivity contribution is -0.137. The molecule has 1 aromatic carbocycles. The van der Waals surface area contributed by atoms with Crippen molar-refractivity contribution in [3.63, 3.8) is 0 Å². The third-order valence-corrected chi connectivity index (χ3v) is 5.62. The zero-order chi connectivity index (χ0) is 21.8. The Morgan fingerprint density at radius 1 is 1.16 bits per heavy atom. The minimum Gasteiger partial charge on any atom is -0.469 e. The van der Waals surface area contributed by atoms with Gasteiger partial charge >= 0.3 is 6.18 Å². The molecule has 0 fully saturated rings. The molecule has 5 aromatic rings. The van der Waals surface area contributed by atoms with Crippen molar-refractivity contribution < 1.29 is 22.0 Å². The van der Waals surface area contributed by atoms with Crippen molar-refractivity contribution in [1.29, 1.82) is 0 Å². The van der Waals surface area contributed by atoms with E-state index in [4.69, 9.17) is 8.83 Å². The third kappa shape index (κ3) is 3.44. The van der Waals surface area contributed by atoms with E-state index in [0.717, 1.165) is 23.5 Å². The highest BCUT2D eigenvalue weighted by Gasteiger charge is 2.30. The highest BCUT2D eigenvalue weighted by molar-refractivity contribution is 7.15. The number of benzene rings is 1. The van der Waals surface area contributed by atoms with E-state index in [1.54, 1.807) is 25.1 Å². The number of nitrogens with zero attached hydrogens (tertiary/aromatic N) is 3. The molecule has 0 aliphatic rings. The summed E-state index contributed by atoms with van der Waals surface area (Å²) in [6, 6.07) is 9.73. The van der Waals surface area contributed by atoms with Crippen LogP contribution in [0.4, 0.5) is 13.2 Å². The maximum Gasteiger partial charge on any atom is 0.416 e. The average molecular weight is 443 g/mol. The maximum absolute atomic E-state index is 12.9. The number of hydrogen-bond donors (Lipinski definition) is 0. The van der Waals surface area contributed by atoms with Crippen LogP contribution in [0.25, 0.3) is 33.7 Å². The smallest absolute Gasteiger partial charge is 0.416 e. The van der Waals surface area contributed by atoms with E-state index in [0.29, 0.717) is 38.0 Å². The Hall–Kier alpha value is -3.66. The second kappa shape index (κ2) is 6.95. The molecule has 31 heavy (non-hydrogen) atoms. The standard InChI is InChI=1S/C21H12F3N3O3S/c1-11-15(7-8-29-11)18-25-20-27(26-18)19(28)17(31-20)10-14-5-6-16(30-14)12-3-2-4-13(9-12)21(22,23)24/h2-10H,1H3. The topological polar surface area (TPSA) is 73.5 Å². The molecule has 0 atom stereocenters. The summed E-state index contributed by atoms with van der Waals surface area (Å²) < 4.78 is 51.3. The van der Waals surface area contributed by atoms with Gasteiger partial charge in [0.2, 0.25) is 4.96 Å². The van der Waals surface area contributed by atoms with Gasteiger partial charge in [-0.15, -0.1) is 5.10 Å². The van der Waals surface area contributed by atoms with Crippen molar-refractivity contribution >= 4 is 22.4 Å². The lowest BCUT2D eigenvalue weighted by Crippen LogP contribution is -2.23. The number of halogens is 3. The van der Waals surface area contributed by atoms with E-state index in [-0.39, 0.29) is 11.3 Å². The summed E-state index contributed by atoms with van der Waals surface area (Å²) in [5, 5.41) is 4.25. The van der Waals surface area contributed by atoms with Gasteiger partial charge < -0.3 is 8.83 Å². The number of fused-ring (bicyclic) bond motifs is 1. The fourth-order valence-electron chi connectivity index (χ4n) is 3.13. The highest BCUT2D eigenvalue weighted by atomic mass is 32.1. The minimum absolute atomic E-state index is 0.266. The lowest BCUT2D eigenvalue weighted by atomic mass is 10.1. The summed E-state index contributed by atoms with van der Waals surface area (Å²) in [5.41, 5.74) is -0.128. The van der Waals surface area contributed by atoms with Gasteiger partial charge in [0.25, 0.3) is 5.56 Å². The van der Waals surface area contributed by atoms with E-state index >= 15 is 0 Å². The first-order valence-electron chi connectivity index (χ1n) is 9.03. The molecule has 0 bridgehead atoms. The minimum atomic E-state index is -4.44. The van der Waals surface area contributed by atoms with Crippen LogP contribution in [0, 0.1) is 6.92 Å². The predicted octanol–water partition coefficient (Wildman–Crippen LogP) is 4.55. The second-order valence-electron chi connectivity index (χ2n) is 6.72. The Kier molecular flexibility index (Phi) is 4.33. The third-order valence-electron chi connectivity index (χ3n) is 4.66. The number of aromatic nitrogens is 3. The summed E-state index contributed by atoms with van der Waals surface area (Å²) in [6.07, 6.45) is -1.40. The molecule has 0 unspecified atom stereocenters. The molecule has 6 nitrogen and oxygen atoms in total.